The summed E-state index contributed by atoms with van der Waals surface area (Å²) in [6, 6.07) is 0.162. The van der Waals surface area contributed by atoms with Gasteiger partial charge in [0.2, 0.25) is 0 Å². The molecule has 0 saturated carbocycles. The minimum atomic E-state index is -0.444. The van der Waals surface area contributed by atoms with E-state index in [9.17, 15) is 4.79 Å². The van der Waals surface area contributed by atoms with Crippen LogP contribution in [-0.2, 0) is 4.74 Å². The maximum atomic E-state index is 12.1. The molecule has 1 heterocycles. The van der Waals surface area contributed by atoms with Crippen molar-refractivity contribution in [3.05, 3.63) is 0 Å². The van der Waals surface area contributed by atoms with Gasteiger partial charge in [0.15, 0.2) is 0 Å². The fraction of sp³-hybridized carbons (Fsp3) is 0.923. The molecule has 0 aromatic heterocycles. The number of rotatable bonds is 1. The van der Waals surface area contributed by atoms with Crippen LogP contribution in [0.3, 0.4) is 0 Å². The summed E-state index contributed by atoms with van der Waals surface area (Å²) in [5.74, 6) is 0.359. The highest BCUT2D eigenvalue weighted by Crippen LogP contribution is 2.24. The molecule has 100 valence electrons. The summed E-state index contributed by atoms with van der Waals surface area (Å²) in [5, 5.41) is 0. The lowest BCUT2D eigenvalue weighted by Gasteiger charge is -2.42. The lowest BCUT2D eigenvalue weighted by Crippen LogP contribution is -2.57. The van der Waals surface area contributed by atoms with E-state index in [1.165, 1.54) is 0 Å². The molecular weight excluding hydrogens is 216 g/mol. The molecule has 1 saturated heterocycles. The van der Waals surface area contributed by atoms with E-state index in [2.05, 4.69) is 13.8 Å². The molecule has 4 nitrogen and oxygen atoms in total. The molecule has 0 aliphatic carbocycles. The Labute approximate surface area is 104 Å². The third-order valence-electron chi connectivity index (χ3n) is 3.05. The molecule has 2 atom stereocenters. The second-order valence-corrected chi connectivity index (χ2v) is 6.21. The van der Waals surface area contributed by atoms with Crippen molar-refractivity contribution in [2.45, 2.75) is 65.1 Å². The van der Waals surface area contributed by atoms with Crippen molar-refractivity contribution in [3.8, 4) is 0 Å². The minimum Gasteiger partial charge on any atom is -0.444 e. The van der Waals surface area contributed by atoms with E-state index in [0.29, 0.717) is 5.92 Å². The van der Waals surface area contributed by atoms with E-state index in [4.69, 9.17) is 10.5 Å². The number of hydrogen-bond donors (Lipinski definition) is 1. The second-order valence-electron chi connectivity index (χ2n) is 6.21. The van der Waals surface area contributed by atoms with Crippen LogP contribution < -0.4 is 5.73 Å². The average molecular weight is 242 g/mol. The highest BCUT2D eigenvalue weighted by atomic mass is 16.6. The van der Waals surface area contributed by atoms with Crippen molar-refractivity contribution >= 4 is 6.09 Å². The van der Waals surface area contributed by atoms with Gasteiger partial charge in [0.25, 0.3) is 0 Å². The lowest BCUT2D eigenvalue weighted by atomic mass is 9.89. The van der Waals surface area contributed by atoms with Crippen LogP contribution in [0.2, 0.25) is 0 Å². The third-order valence-corrected chi connectivity index (χ3v) is 3.05. The number of amides is 1. The van der Waals surface area contributed by atoms with Gasteiger partial charge in [0, 0.05) is 12.6 Å². The van der Waals surface area contributed by atoms with Crippen LogP contribution in [0.4, 0.5) is 4.79 Å². The fourth-order valence-corrected chi connectivity index (χ4v) is 2.44. The number of hydrogen-bond acceptors (Lipinski definition) is 3. The Hall–Kier alpha value is -0.770. The summed E-state index contributed by atoms with van der Waals surface area (Å²) >= 11 is 0. The van der Waals surface area contributed by atoms with Gasteiger partial charge in [-0.3, -0.25) is 0 Å². The maximum Gasteiger partial charge on any atom is 0.410 e. The Kier molecular flexibility index (Phi) is 4.42. The Bertz CT molecular complexity index is 271. The third kappa shape index (κ3) is 3.87. The predicted octanol–water partition coefficient (Wildman–Crippen LogP) is 2.37. The number of carbonyl (C=O) groups excluding carboxylic acids is 1. The largest absolute Gasteiger partial charge is 0.444 e. The average Bonchev–Trinajstić information content (AvgIpc) is 2.13. The quantitative estimate of drug-likeness (QED) is 0.768. The van der Waals surface area contributed by atoms with Crippen LogP contribution in [-0.4, -0.2) is 35.2 Å². The van der Waals surface area contributed by atoms with Crippen molar-refractivity contribution < 1.29 is 9.53 Å². The van der Waals surface area contributed by atoms with Crippen LogP contribution in [0.1, 0.15) is 47.5 Å². The molecule has 2 N–H and O–H groups in total. The first-order valence-corrected chi connectivity index (χ1v) is 6.47. The molecule has 0 aromatic rings. The molecule has 17 heavy (non-hydrogen) atoms. The van der Waals surface area contributed by atoms with E-state index in [0.717, 1.165) is 19.4 Å². The fourth-order valence-electron chi connectivity index (χ4n) is 2.44. The number of carbonyl (C=O) groups is 1. The second kappa shape index (κ2) is 5.25. The van der Waals surface area contributed by atoms with Crippen molar-refractivity contribution in [2.24, 2.45) is 11.7 Å². The Morgan fingerprint density at radius 3 is 2.47 bits per heavy atom. The molecular formula is C13H26N2O2. The van der Waals surface area contributed by atoms with Crippen LogP contribution in [0.5, 0.6) is 0 Å². The molecule has 0 spiro atoms. The highest BCUT2D eigenvalue weighted by molar-refractivity contribution is 5.68. The molecule has 1 rings (SSSR count). The highest BCUT2D eigenvalue weighted by Gasteiger charge is 2.36. The smallest absolute Gasteiger partial charge is 0.410 e. The summed E-state index contributed by atoms with van der Waals surface area (Å²) in [6.07, 6.45) is 1.72. The van der Waals surface area contributed by atoms with Gasteiger partial charge in [-0.25, -0.2) is 4.79 Å². The number of nitrogens with zero attached hydrogens (tertiary/aromatic N) is 1. The maximum absolute atomic E-state index is 12.1. The number of ether oxygens (including phenoxy) is 1. The molecule has 0 radical (unpaired) electrons. The van der Waals surface area contributed by atoms with Crippen LogP contribution in [0.15, 0.2) is 0 Å². The van der Waals surface area contributed by atoms with Crippen LogP contribution in [0, 0.1) is 5.92 Å². The van der Waals surface area contributed by atoms with E-state index in [1.54, 1.807) is 0 Å². The Morgan fingerprint density at radius 1 is 1.41 bits per heavy atom. The van der Waals surface area contributed by atoms with E-state index in [-0.39, 0.29) is 18.2 Å². The van der Waals surface area contributed by atoms with Crippen LogP contribution in [0.25, 0.3) is 0 Å². The van der Waals surface area contributed by atoms with E-state index >= 15 is 0 Å². The summed E-state index contributed by atoms with van der Waals surface area (Å²) in [4.78, 5) is 13.9. The summed E-state index contributed by atoms with van der Waals surface area (Å²) in [6.45, 7) is 10.6. The monoisotopic (exact) mass is 242 g/mol. The van der Waals surface area contributed by atoms with Gasteiger partial charge in [0.1, 0.15) is 5.60 Å². The van der Waals surface area contributed by atoms with Gasteiger partial charge >= 0.3 is 6.09 Å². The van der Waals surface area contributed by atoms with Crippen molar-refractivity contribution in [2.75, 3.05) is 6.54 Å². The zero-order valence-corrected chi connectivity index (χ0v) is 11.7. The van der Waals surface area contributed by atoms with Gasteiger partial charge < -0.3 is 15.4 Å². The zero-order chi connectivity index (χ0) is 13.2. The minimum absolute atomic E-state index is 0.0660. The van der Waals surface area contributed by atoms with Crippen molar-refractivity contribution in [1.29, 1.82) is 0 Å². The zero-order valence-electron chi connectivity index (χ0n) is 11.7. The first kappa shape index (κ1) is 14.3. The predicted molar refractivity (Wildman–Crippen MR) is 68.8 cm³/mol. The number of likely N-dealkylation sites (tertiary alicyclic amines) is 1. The van der Waals surface area contributed by atoms with Crippen molar-refractivity contribution in [1.82, 2.24) is 4.90 Å². The summed E-state index contributed by atoms with van der Waals surface area (Å²) < 4.78 is 5.44. The topological polar surface area (TPSA) is 55.6 Å². The molecule has 1 fully saturated rings. The van der Waals surface area contributed by atoms with Crippen LogP contribution >= 0.6 is 0 Å². The Morgan fingerprint density at radius 2 is 2.00 bits per heavy atom. The molecule has 4 heteroatoms. The number of nitrogens with two attached hydrogens (primary N) is 1. The standard InChI is InChI=1S/C13H26N2O2/c1-9(2)11-10(14)7-6-8-15(11)12(16)17-13(3,4)5/h9-11H,6-8,14H2,1-5H3/t10-,11-/m1/s1. The van der Waals surface area contributed by atoms with E-state index < -0.39 is 5.60 Å². The van der Waals surface area contributed by atoms with E-state index in [1.807, 2.05) is 25.7 Å². The van der Waals surface area contributed by atoms with Gasteiger partial charge in [-0.2, -0.15) is 0 Å². The van der Waals surface area contributed by atoms with Gasteiger partial charge in [-0.05, 0) is 39.5 Å². The number of piperidine rings is 1. The van der Waals surface area contributed by atoms with Gasteiger partial charge in [-0.15, -0.1) is 0 Å². The molecule has 0 bridgehead atoms. The molecule has 0 unspecified atom stereocenters. The normalized spacial score (nSPS) is 26.2. The van der Waals surface area contributed by atoms with Gasteiger partial charge in [0.05, 0.1) is 6.04 Å². The van der Waals surface area contributed by atoms with Crippen molar-refractivity contribution in [3.63, 3.8) is 0 Å². The molecule has 1 aliphatic heterocycles. The summed E-state index contributed by atoms with van der Waals surface area (Å²) in [5.41, 5.74) is 5.68. The first-order valence-electron chi connectivity index (χ1n) is 6.47. The Balaban J connectivity index is 2.75. The summed E-state index contributed by atoms with van der Waals surface area (Å²) in [7, 11) is 0. The lowest BCUT2D eigenvalue weighted by molar-refractivity contribution is -0.00000603. The molecule has 1 aliphatic rings. The molecule has 0 aromatic carbocycles. The molecule has 1 amide bonds. The SMILES string of the molecule is CC(C)[C@@H]1[C@H](N)CCCN1C(=O)OC(C)(C)C. The first-order chi connectivity index (χ1) is 7.72. The van der Waals surface area contributed by atoms with Gasteiger partial charge in [-0.1, -0.05) is 13.8 Å².